The fourth-order valence-corrected chi connectivity index (χ4v) is 1.62. The molecular formula is C11H18ClN3. The molecule has 1 N–H and O–H groups in total. The molecule has 1 aromatic rings. The van der Waals surface area contributed by atoms with E-state index in [4.69, 9.17) is 11.6 Å². The number of halogens is 1. The molecule has 84 valence electrons. The van der Waals surface area contributed by atoms with Crippen molar-refractivity contribution in [2.45, 2.75) is 40.2 Å². The van der Waals surface area contributed by atoms with Gasteiger partial charge in [0.15, 0.2) is 0 Å². The van der Waals surface area contributed by atoms with E-state index in [0.717, 1.165) is 17.8 Å². The molecule has 4 heteroatoms. The highest BCUT2D eigenvalue weighted by atomic mass is 35.5. The van der Waals surface area contributed by atoms with Crippen LogP contribution >= 0.6 is 11.6 Å². The first-order valence-electron chi connectivity index (χ1n) is 5.30. The molecule has 0 saturated carbocycles. The van der Waals surface area contributed by atoms with E-state index in [0.29, 0.717) is 17.2 Å². The maximum atomic E-state index is 5.76. The molecular weight excluding hydrogens is 210 g/mol. The summed E-state index contributed by atoms with van der Waals surface area (Å²) < 4.78 is 0. The molecule has 1 unspecified atom stereocenters. The first kappa shape index (κ1) is 12.2. The second-order valence-electron chi connectivity index (χ2n) is 4.07. The van der Waals surface area contributed by atoms with Crippen LogP contribution in [0.1, 0.15) is 32.8 Å². The quantitative estimate of drug-likeness (QED) is 0.803. The number of hydrogen-bond acceptors (Lipinski definition) is 3. The van der Waals surface area contributed by atoms with E-state index in [9.17, 15) is 0 Å². The highest BCUT2D eigenvalue weighted by molar-refractivity contribution is 6.28. The van der Waals surface area contributed by atoms with E-state index in [1.165, 1.54) is 0 Å². The van der Waals surface area contributed by atoms with Crippen LogP contribution in [0.3, 0.4) is 0 Å². The van der Waals surface area contributed by atoms with Gasteiger partial charge < -0.3 is 5.32 Å². The molecule has 1 rings (SSSR count). The molecule has 0 aliphatic rings. The zero-order valence-electron chi connectivity index (χ0n) is 9.71. The molecule has 1 atom stereocenters. The Morgan fingerprint density at radius 2 is 2.13 bits per heavy atom. The molecule has 0 aliphatic carbocycles. The predicted molar refractivity (Wildman–Crippen MR) is 64.3 cm³/mol. The van der Waals surface area contributed by atoms with Gasteiger partial charge in [0.05, 0.1) is 0 Å². The standard InChI is InChI=1S/C11H18ClN3/c1-5-9(7(2)3)14-10-8(4)6-13-11(12)15-10/h6-7,9H,5H2,1-4H3,(H,13,14,15). The summed E-state index contributed by atoms with van der Waals surface area (Å²) in [6.45, 7) is 8.53. The highest BCUT2D eigenvalue weighted by Gasteiger charge is 2.12. The van der Waals surface area contributed by atoms with Gasteiger partial charge in [-0.3, -0.25) is 0 Å². The van der Waals surface area contributed by atoms with Crippen LogP contribution in [-0.4, -0.2) is 16.0 Å². The minimum Gasteiger partial charge on any atom is -0.367 e. The molecule has 0 aliphatic heterocycles. The number of aryl methyl sites for hydroxylation is 1. The van der Waals surface area contributed by atoms with Crippen molar-refractivity contribution in [1.29, 1.82) is 0 Å². The summed E-state index contributed by atoms with van der Waals surface area (Å²) in [7, 11) is 0. The van der Waals surface area contributed by atoms with Crippen molar-refractivity contribution in [2.75, 3.05) is 5.32 Å². The fourth-order valence-electron chi connectivity index (χ4n) is 1.48. The lowest BCUT2D eigenvalue weighted by Gasteiger charge is -2.22. The van der Waals surface area contributed by atoms with Gasteiger partial charge in [0.2, 0.25) is 5.28 Å². The maximum absolute atomic E-state index is 5.76. The summed E-state index contributed by atoms with van der Waals surface area (Å²) >= 11 is 5.76. The van der Waals surface area contributed by atoms with E-state index in [2.05, 4.69) is 36.1 Å². The molecule has 0 bridgehead atoms. The molecule has 0 fully saturated rings. The van der Waals surface area contributed by atoms with E-state index < -0.39 is 0 Å². The summed E-state index contributed by atoms with van der Waals surface area (Å²) in [6, 6.07) is 0.426. The molecule has 3 nitrogen and oxygen atoms in total. The third kappa shape index (κ3) is 3.34. The van der Waals surface area contributed by atoms with Crippen LogP contribution in [0, 0.1) is 12.8 Å². The van der Waals surface area contributed by atoms with Gasteiger partial charge in [-0.05, 0) is 30.9 Å². The van der Waals surface area contributed by atoms with Crippen molar-refractivity contribution < 1.29 is 0 Å². The molecule has 1 aromatic heterocycles. The Labute approximate surface area is 96.3 Å². The summed E-state index contributed by atoms with van der Waals surface area (Å²) in [5.41, 5.74) is 1.03. The van der Waals surface area contributed by atoms with Crippen LogP contribution in [0.15, 0.2) is 6.20 Å². The van der Waals surface area contributed by atoms with Crippen LogP contribution in [-0.2, 0) is 0 Å². The average Bonchev–Trinajstić information content (AvgIpc) is 2.18. The molecule has 1 heterocycles. The second kappa shape index (κ2) is 5.31. The van der Waals surface area contributed by atoms with Crippen molar-refractivity contribution in [3.05, 3.63) is 17.0 Å². The number of aromatic nitrogens is 2. The largest absolute Gasteiger partial charge is 0.367 e. The Kier molecular flexibility index (Phi) is 4.33. The molecule has 0 aromatic carbocycles. The van der Waals surface area contributed by atoms with Crippen molar-refractivity contribution >= 4 is 17.4 Å². The maximum Gasteiger partial charge on any atom is 0.224 e. The molecule has 0 radical (unpaired) electrons. The van der Waals surface area contributed by atoms with Gasteiger partial charge in [-0.15, -0.1) is 0 Å². The number of rotatable bonds is 4. The zero-order chi connectivity index (χ0) is 11.4. The van der Waals surface area contributed by atoms with Gasteiger partial charge in [-0.1, -0.05) is 20.8 Å². The Hall–Kier alpha value is -0.830. The Morgan fingerprint density at radius 1 is 1.47 bits per heavy atom. The van der Waals surface area contributed by atoms with Crippen LogP contribution in [0.25, 0.3) is 0 Å². The number of hydrogen-bond donors (Lipinski definition) is 1. The first-order valence-corrected chi connectivity index (χ1v) is 5.68. The lowest BCUT2D eigenvalue weighted by atomic mass is 10.0. The molecule has 0 saturated heterocycles. The minimum absolute atomic E-state index is 0.293. The third-order valence-corrected chi connectivity index (χ3v) is 2.69. The van der Waals surface area contributed by atoms with Gasteiger partial charge in [-0.25, -0.2) is 9.97 Å². The van der Waals surface area contributed by atoms with Gasteiger partial charge in [-0.2, -0.15) is 0 Å². The summed E-state index contributed by atoms with van der Waals surface area (Å²) in [5, 5.41) is 3.69. The minimum atomic E-state index is 0.293. The normalized spacial score (nSPS) is 12.9. The average molecular weight is 228 g/mol. The predicted octanol–water partition coefficient (Wildman–Crippen LogP) is 3.28. The second-order valence-corrected chi connectivity index (χ2v) is 4.41. The Morgan fingerprint density at radius 3 is 2.67 bits per heavy atom. The van der Waals surface area contributed by atoms with Gasteiger partial charge >= 0.3 is 0 Å². The number of nitrogens with one attached hydrogen (secondary N) is 1. The highest BCUT2D eigenvalue weighted by Crippen LogP contribution is 2.17. The van der Waals surface area contributed by atoms with Gasteiger partial charge in [0.25, 0.3) is 0 Å². The topological polar surface area (TPSA) is 37.8 Å². The lowest BCUT2D eigenvalue weighted by molar-refractivity contribution is 0.509. The van der Waals surface area contributed by atoms with Crippen molar-refractivity contribution in [3.8, 4) is 0 Å². The summed E-state index contributed by atoms with van der Waals surface area (Å²) in [4.78, 5) is 8.12. The summed E-state index contributed by atoms with van der Waals surface area (Å²) in [5.74, 6) is 1.42. The van der Waals surface area contributed by atoms with Gasteiger partial charge in [0.1, 0.15) is 5.82 Å². The molecule has 15 heavy (non-hydrogen) atoms. The summed E-state index contributed by atoms with van der Waals surface area (Å²) in [6.07, 6.45) is 2.81. The smallest absolute Gasteiger partial charge is 0.224 e. The van der Waals surface area contributed by atoms with Gasteiger partial charge in [0, 0.05) is 17.8 Å². The zero-order valence-corrected chi connectivity index (χ0v) is 10.5. The van der Waals surface area contributed by atoms with Crippen LogP contribution in [0.2, 0.25) is 5.28 Å². The van der Waals surface area contributed by atoms with Crippen molar-refractivity contribution in [3.63, 3.8) is 0 Å². The van der Waals surface area contributed by atoms with Crippen LogP contribution in [0.4, 0.5) is 5.82 Å². The number of nitrogens with zero attached hydrogens (tertiary/aromatic N) is 2. The Bertz CT molecular complexity index is 326. The Balaban J connectivity index is 2.82. The van der Waals surface area contributed by atoms with Crippen LogP contribution < -0.4 is 5.32 Å². The SMILES string of the molecule is CCC(Nc1nc(Cl)ncc1C)C(C)C. The first-order chi connectivity index (χ1) is 7.04. The van der Waals surface area contributed by atoms with E-state index in [1.807, 2.05) is 6.92 Å². The number of anilines is 1. The van der Waals surface area contributed by atoms with Crippen molar-refractivity contribution in [2.24, 2.45) is 5.92 Å². The third-order valence-electron chi connectivity index (χ3n) is 2.51. The monoisotopic (exact) mass is 227 g/mol. The molecule has 0 amide bonds. The van der Waals surface area contributed by atoms with E-state index in [-0.39, 0.29) is 0 Å². The fraction of sp³-hybridized carbons (Fsp3) is 0.636. The molecule has 0 spiro atoms. The lowest BCUT2D eigenvalue weighted by Crippen LogP contribution is -2.25. The van der Waals surface area contributed by atoms with Crippen molar-refractivity contribution in [1.82, 2.24) is 9.97 Å². The van der Waals surface area contributed by atoms with E-state index >= 15 is 0 Å². The van der Waals surface area contributed by atoms with E-state index in [1.54, 1.807) is 6.20 Å². The van der Waals surface area contributed by atoms with Crippen LogP contribution in [0.5, 0.6) is 0 Å².